The Labute approximate surface area is 302 Å². The fourth-order valence-electron chi connectivity index (χ4n) is 6.02. The number of carboxylic acids is 1. The average molecular weight is 720 g/mol. The Morgan fingerprint density at radius 2 is 1.69 bits per heavy atom. The molecular formula is C40H37N3O8S. The van der Waals surface area contributed by atoms with Crippen molar-refractivity contribution < 1.29 is 34.8 Å². The number of aliphatic hydroxyl groups is 2. The second-order valence-corrected chi connectivity index (χ2v) is 13.3. The number of phenolic OH excluding ortho intramolecular Hbond substituents is 1. The van der Waals surface area contributed by atoms with Gasteiger partial charge in [-0.25, -0.2) is 4.79 Å². The number of aromatic hydroxyl groups is 1. The van der Waals surface area contributed by atoms with Crippen LogP contribution in [0.2, 0.25) is 0 Å². The van der Waals surface area contributed by atoms with Crippen LogP contribution in [0.5, 0.6) is 11.5 Å². The molecule has 0 radical (unpaired) electrons. The number of carboxylic acid groups (broad SMARTS) is 1. The number of carbonyl (C=O) groups is 2. The van der Waals surface area contributed by atoms with Crippen molar-refractivity contribution in [2.24, 2.45) is 0 Å². The number of aliphatic carboxylic acids is 1. The summed E-state index contributed by atoms with van der Waals surface area (Å²) in [5.74, 6) is -1.22. The SMILES string of the molecule is CCOc1cc(C(=O)NCc2ccc(-c3cccc([C@](O)(C(=O)O)c4ccccc4)c3)s2)ccc1CNC[C@H](O)c1ccc(O)c2[nH]c(=O)ccc12. The molecule has 0 saturated heterocycles. The highest BCUT2D eigenvalue weighted by Crippen LogP contribution is 2.35. The molecule has 0 aliphatic carbocycles. The maximum Gasteiger partial charge on any atom is 0.345 e. The molecule has 0 saturated carbocycles. The molecule has 2 heterocycles. The molecule has 12 heteroatoms. The number of nitrogens with one attached hydrogen (secondary N) is 3. The number of pyridine rings is 1. The second kappa shape index (κ2) is 15.6. The molecular weight excluding hydrogens is 683 g/mol. The lowest BCUT2D eigenvalue weighted by atomic mass is 9.85. The number of hydrogen-bond acceptors (Lipinski definition) is 9. The van der Waals surface area contributed by atoms with E-state index in [1.807, 2.05) is 25.1 Å². The van der Waals surface area contributed by atoms with Crippen molar-refractivity contribution in [1.29, 1.82) is 0 Å². The molecule has 6 aromatic rings. The van der Waals surface area contributed by atoms with Gasteiger partial charge in [0.05, 0.1) is 24.8 Å². The van der Waals surface area contributed by atoms with Crippen LogP contribution in [0.3, 0.4) is 0 Å². The summed E-state index contributed by atoms with van der Waals surface area (Å²) < 4.78 is 5.85. The Bertz CT molecular complexity index is 2290. The van der Waals surface area contributed by atoms with Crippen LogP contribution in [0.1, 0.15) is 50.5 Å². The molecule has 0 unspecified atom stereocenters. The van der Waals surface area contributed by atoms with Crippen LogP contribution in [0, 0.1) is 0 Å². The lowest BCUT2D eigenvalue weighted by Gasteiger charge is -2.25. The largest absolute Gasteiger partial charge is 0.506 e. The smallest absolute Gasteiger partial charge is 0.345 e. The highest BCUT2D eigenvalue weighted by Gasteiger charge is 2.40. The third-order valence-corrected chi connectivity index (χ3v) is 9.83. The van der Waals surface area contributed by atoms with Crippen molar-refractivity contribution in [3.8, 4) is 21.9 Å². The van der Waals surface area contributed by atoms with Crippen molar-refractivity contribution in [1.82, 2.24) is 15.6 Å². The molecule has 0 aliphatic rings. The van der Waals surface area contributed by atoms with Crippen LogP contribution in [0.25, 0.3) is 21.3 Å². The lowest BCUT2D eigenvalue weighted by Crippen LogP contribution is -2.36. The predicted molar refractivity (Wildman–Crippen MR) is 199 cm³/mol. The number of H-pyrrole nitrogens is 1. The zero-order valence-corrected chi connectivity index (χ0v) is 28.9. The van der Waals surface area contributed by atoms with Crippen molar-refractivity contribution in [2.45, 2.75) is 31.7 Å². The zero-order chi connectivity index (χ0) is 36.8. The number of aromatic amines is 1. The summed E-state index contributed by atoms with van der Waals surface area (Å²) >= 11 is 1.45. The standard InChI is InChI=1S/C40H37N3O8S/c1-2-51-34-20-25(11-12-26(34)21-41-23-33(45)30-14-16-32(44)37-31(30)15-18-36(46)43-37)38(47)42-22-29-13-17-35(52-29)24-7-6-10-28(19-24)40(50,39(48)49)27-8-4-3-5-9-27/h3-20,33,41,44-45,50H,2,21-23H2,1H3,(H,42,47)(H,43,46)(H,48,49)/t33-,40-/m0/s1. The molecule has 266 valence electrons. The summed E-state index contributed by atoms with van der Waals surface area (Å²) in [6.45, 7) is 3.01. The zero-order valence-electron chi connectivity index (χ0n) is 28.1. The van der Waals surface area contributed by atoms with Crippen LogP contribution in [0.4, 0.5) is 0 Å². The third-order valence-electron chi connectivity index (χ3n) is 8.70. The fraction of sp³-hybridized carbons (Fsp3) is 0.175. The second-order valence-electron chi connectivity index (χ2n) is 12.1. The number of ether oxygens (including phenoxy) is 1. The molecule has 0 bridgehead atoms. The summed E-state index contributed by atoms with van der Waals surface area (Å²) in [4.78, 5) is 41.5. The summed E-state index contributed by atoms with van der Waals surface area (Å²) in [7, 11) is 0. The van der Waals surface area contributed by atoms with E-state index in [2.05, 4.69) is 15.6 Å². The number of aliphatic hydroxyl groups excluding tert-OH is 1. The van der Waals surface area contributed by atoms with Crippen LogP contribution in [0.15, 0.2) is 114 Å². The van der Waals surface area contributed by atoms with Crippen LogP contribution in [-0.2, 0) is 23.5 Å². The quantitative estimate of drug-likeness (QED) is 0.0772. The van der Waals surface area contributed by atoms with Crippen LogP contribution >= 0.6 is 11.3 Å². The van der Waals surface area contributed by atoms with E-state index in [4.69, 9.17) is 4.74 Å². The monoisotopic (exact) mass is 719 g/mol. The van der Waals surface area contributed by atoms with Gasteiger partial charge in [0.2, 0.25) is 11.2 Å². The number of thiophene rings is 1. The number of aromatic nitrogens is 1. The number of hydrogen-bond donors (Lipinski definition) is 7. The molecule has 6 rings (SSSR count). The van der Waals surface area contributed by atoms with Crippen molar-refractivity contribution in [3.05, 3.63) is 152 Å². The molecule has 0 fully saturated rings. The van der Waals surface area contributed by atoms with Gasteiger partial charge in [0.25, 0.3) is 5.91 Å². The first-order valence-electron chi connectivity index (χ1n) is 16.6. The molecule has 2 aromatic heterocycles. The first kappa shape index (κ1) is 36.0. The minimum Gasteiger partial charge on any atom is -0.506 e. The van der Waals surface area contributed by atoms with E-state index in [0.29, 0.717) is 35.4 Å². The first-order chi connectivity index (χ1) is 25.1. The van der Waals surface area contributed by atoms with Crippen LogP contribution < -0.4 is 20.9 Å². The van der Waals surface area contributed by atoms with E-state index in [0.717, 1.165) is 20.9 Å². The Hall–Kier alpha value is -5.79. The number of benzene rings is 4. The van der Waals surface area contributed by atoms with E-state index in [-0.39, 0.29) is 46.9 Å². The molecule has 7 N–H and O–H groups in total. The Kier molecular flexibility index (Phi) is 10.8. The van der Waals surface area contributed by atoms with E-state index in [9.17, 15) is 34.8 Å². The van der Waals surface area contributed by atoms with Gasteiger partial charge in [-0.1, -0.05) is 60.7 Å². The maximum absolute atomic E-state index is 13.2. The number of fused-ring (bicyclic) bond motifs is 1. The van der Waals surface area contributed by atoms with Gasteiger partial charge < -0.3 is 40.8 Å². The Morgan fingerprint density at radius 3 is 2.46 bits per heavy atom. The number of carbonyl (C=O) groups excluding carboxylic acids is 1. The summed E-state index contributed by atoms with van der Waals surface area (Å²) in [5, 5.41) is 49.1. The number of amides is 1. The van der Waals surface area contributed by atoms with Crippen molar-refractivity contribution in [2.75, 3.05) is 13.2 Å². The molecule has 1 amide bonds. The molecule has 4 aromatic carbocycles. The summed E-state index contributed by atoms with van der Waals surface area (Å²) in [5.41, 5.74) is 0.664. The van der Waals surface area contributed by atoms with E-state index in [1.54, 1.807) is 78.9 Å². The average Bonchev–Trinajstić information content (AvgIpc) is 3.64. The fourth-order valence-corrected chi connectivity index (χ4v) is 6.97. The maximum atomic E-state index is 13.2. The van der Waals surface area contributed by atoms with Gasteiger partial charge in [0.15, 0.2) is 0 Å². The van der Waals surface area contributed by atoms with E-state index >= 15 is 0 Å². The highest BCUT2D eigenvalue weighted by molar-refractivity contribution is 7.15. The number of rotatable bonds is 14. The van der Waals surface area contributed by atoms with Gasteiger partial charge in [-0.2, -0.15) is 0 Å². The van der Waals surface area contributed by atoms with Gasteiger partial charge in [-0.15, -0.1) is 11.3 Å². The van der Waals surface area contributed by atoms with Gasteiger partial charge in [-0.3, -0.25) is 9.59 Å². The van der Waals surface area contributed by atoms with Gasteiger partial charge in [0.1, 0.15) is 11.5 Å². The normalized spacial score (nSPS) is 13.0. The third kappa shape index (κ3) is 7.60. The highest BCUT2D eigenvalue weighted by atomic mass is 32.1. The molecule has 2 atom stereocenters. The molecule has 0 aliphatic heterocycles. The summed E-state index contributed by atoms with van der Waals surface area (Å²) in [6.07, 6.45) is -0.932. The predicted octanol–water partition coefficient (Wildman–Crippen LogP) is 5.43. The molecule has 0 spiro atoms. The minimum absolute atomic E-state index is 0.0822. The van der Waals surface area contributed by atoms with Crippen molar-refractivity contribution >= 4 is 34.1 Å². The van der Waals surface area contributed by atoms with Gasteiger partial charge in [0, 0.05) is 51.0 Å². The van der Waals surface area contributed by atoms with E-state index in [1.165, 1.54) is 23.5 Å². The van der Waals surface area contributed by atoms with Crippen molar-refractivity contribution in [3.63, 3.8) is 0 Å². The first-order valence-corrected chi connectivity index (χ1v) is 17.4. The number of phenols is 1. The molecule has 11 nitrogen and oxygen atoms in total. The Balaban J connectivity index is 1.09. The molecule has 52 heavy (non-hydrogen) atoms. The van der Waals surface area contributed by atoms with Gasteiger partial charge >= 0.3 is 5.97 Å². The lowest BCUT2D eigenvalue weighted by molar-refractivity contribution is -0.155. The van der Waals surface area contributed by atoms with Gasteiger partial charge in [-0.05, 0) is 66.1 Å². The topological polar surface area (TPSA) is 181 Å². The minimum atomic E-state index is -2.22. The summed E-state index contributed by atoms with van der Waals surface area (Å²) in [6, 6.07) is 30.0. The van der Waals surface area contributed by atoms with Crippen LogP contribution in [-0.4, -0.2) is 50.4 Å². The Morgan fingerprint density at radius 1 is 0.904 bits per heavy atom. The van der Waals surface area contributed by atoms with E-state index < -0.39 is 17.7 Å².